The van der Waals surface area contributed by atoms with Crippen molar-refractivity contribution in [2.24, 2.45) is 0 Å². The highest BCUT2D eigenvalue weighted by atomic mass is 32.2. The molecule has 0 spiro atoms. The van der Waals surface area contributed by atoms with E-state index >= 15 is 0 Å². The van der Waals surface area contributed by atoms with Crippen molar-refractivity contribution in [1.29, 1.82) is 5.26 Å². The summed E-state index contributed by atoms with van der Waals surface area (Å²) in [4.78, 5) is 21.8. The van der Waals surface area contributed by atoms with Crippen LogP contribution < -0.4 is 10.6 Å². The maximum atomic E-state index is 11.0. The molecule has 0 aliphatic carbocycles. The first kappa shape index (κ1) is 9.86. The number of nitrogens with zero attached hydrogens (tertiary/aromatic N) is 1. The lowest BCUT2D eigenvalue weighted by Gasteiger charge is -2.26. The first-order valence-corrected chi connectivity index (χ1v) is 4.91. The molecule has 5 nitrogen and oxygen atoms in total. The normalized spacial score (nSPS) is 19.6. The minimum atomic E-state index is -0.366. The molecule has 1 aliphatic rings. The molecule has 1 atom stereocenters. The van der Waals surface area contributed by atoms with Crippen LogP contribution in [0, 0.1) is 11.3 Å². The Balaban J connectivity index is 2.11. The third-order valence-electron chi connectivity index (χ3n) is 1.53. The summed E-state index contributed by atoms with van der Waals surface area (Å²) < 4.78 is 0. The Hall–Kier alpha value is -1.22. The Morgan fingerprint density at radius 1 is 1.85 bits per heavy atom. The second-order valence-electron chi connectivity index (χ2n) is 2.52. The fraction of sp³-hybridized carbons (Fsp3) is 0.571. The molecule has 0 radical (unpaired) electrons. The lowest BCUT2D eigenvalue weighted by Crippen LogP contribution is -2.62. The number of thioether (sulfide) groups is 1. The number of rotatable bonds is 4. The first-order valence-electron chi connectivity index (χ1n) is 3.76. The van der Waals surface area contributed by atoms with E-state index in [2.05, 4.69) is 10.6 Å². The largest absolute Gasteiger partial charge is 0.352 e. The van der Waals surface area contributed by atoms with E-state index in [1.54, 1.807) is 0 Å². The summed E-state index contributed by atoms with van der Waals surface area (Å²) in [5.74, 6) is 0.195. The van der Waals surface area contributed by atoms with Gasteiger partial charge in [0, 0.05) is 6.54 Å². The molecule has 0 saturated carbocycles. The zero-order valence-corrected chi connectivity index (χ0v) is 7.69. The Bertz CT molecular complexity index is 261. The maximum absolute atomic E-state index is 11.0. The molecule has 1 saturated heterocycles. The zero-order valence-electron chi connectivity index (χ0n) is 6.87. The lowest BCUT2D eigenvalue weighted by molar-refractivity contribution is -0.132. The highest BCUT2D eigenvalue weighted by molar-refractivity contribution is 8.00. The number of carbonyl (C=O) groups excluding carboxylic acids is 2. The minimum absolute atomic E-state index is 0.140. The van der Waals surface area contributed by atoms with Crippen LogP contribution in [0.5, 0.6) is 0 Å². The van der Waals surface area contributed by atoms with Crippen LogP contribution in [-0.4, -0.2) is 35.9 Å². The van der Waals surface area contributed by atoms with Crippen LogP contribution >= 0.6 is 11.8 Å². The average molecular weight is 199 g/mol. The number of hydrogen-bond donors (Lipinski definition) is 2. The molecule has 1 fully saturated rings. The van der Waals surface area contributed by atoms with Crippen LogP contribution in [0.1, 0.15) is 0 Å². The minimum Gasteiger partial charge on any atom is -0.352 e. The Morgan fingerprint density at radius 2 is 2.62 bits per heavy atom. The van der Waals surface area contributed by atoms with Gasteiger partial charge < -0.3 is 10.6 Å². The van der Waals surface area contributed by atoms with Crippen molar-refractivity contribution in [3.63, 3.8) is 0 Å². The SMILES string of the molecule is N#CCSCC(=O)NC1CNC1=O. The highest BCUT2D eigenvalue weighted by Crippen LogP contribution is 1.99. The third-order valence-corrected chi connectivity index (χ3v) is 2.33. The molecule has 2 N–H and O–H groups in total. The van der Waals surface area contributed by atoms with Crippen LogP contribution in [0.4, 0.5) is 0 Å². The Labute approximate surface area is 79.9 Å². The van der Waals surface area contributed by atoms with E-state index in [1.807, 2.05) is 6.07 Å². The van der Waals surface area contributed by atoms with Gasteiger partial charge in [0.25, 0.3) is 0 Å². The molecular weight excluding hydrogens is 190 g/mol. The Kier molecular flexibility index (Phi) is 3.58. The Morgan fingerprint density at radius 3 is 3.08 bits per heavy atom. The molecule has 1 heterocycles. The molecule has 6 heteroatoms. The summed E-state index contributed by atoms with van der Waals surface area (Å²) in [6.45, 7) is 0.507. The van der Waals surface area contributed by atoms with Gasteiger partial charge in [-0.2, -0.15) is 5.26 Å². The summed E-state index contributed by atoms with van der Waals surface area (Å²) in [5, 5.41) is 13.3. The van der Waals surface area contributed by atoms with E-state index in [4.69, 9.17) is 5.26 Å². The van der Waals surface area contributed by atoms with Crippen molar-refractivity contribution in [2.45, 2.75) is 6.04 Å². The van der Waals surface area contributed by atoms with Crippen LogP contribution in [0.15, 0.2) is 0 Å². The van der Waals surface area contributed by atoms with Gasteiger partial charge >= 0.3 is 0 Å². The van der Waals surface area contributed by atoms with Crippen molar-refractivity contribution >= 4 is 23.6 Å². The zero-order chi connectivity index (χ0) is 9.68. The smallest absolute Gasteiger partial charge is 0.244 e. The van der Waals surface area contributed by atoms with Gasteiger partial charge in [-0.25, -0.2) is 0 Å². The molecular formula is C7H9N3O2S. The second-order valence-corrected chi connectivity index (χ2v) is 3.50. The van der Waals surface area contributed by atoms with E-state index in [9.17, 15) is 9.59 Å². The summed E-state index contributed by atoms with van der Waals surface area (Å²) in [6, 6.07) is 1.55. The molecule has 0 bridgehead atoms. The first-order chi connectivity index (χ1) is 6.24. The number of nitriles is 1. The number of carbonyl (C=O) groups is 2. The molecule has 1 unspecified atom stereocenters. The van der Waals surface area contributed by atoms with Crippen molar-refractivity contribution in [1.82, 2.24) is 10.6 Å². The molecule has 13 heavy (non-hydrogen) atoms. The van der Waals surface area contributed by atoms with E-state index in [0.29, 0.717) is 12.3 Å². The number of hydrogen-bond acceptors (Lipinski definition) is 4. The topological polar surface area (TPSA) is 82.0 Å². The molecule has 0 aromatic heterocycles. The van der Waals surface area contributed by atoms with Gasteiger partial charge in [0.05, 0.1) is 17.6 Å². The van der Waals surface area contributed by atoms with Crippen LogP contribution in [0.3, 0.4) is 0 Å². The summed E-state index contributed by atoms with van der Waals surface area (Å²) >= 11 is 1.23. The van der Waals surface area contributed by atoms with E-state index in [0.717, 1.165) is 0 Å². The predicted octanol–water partition coefficient (Wildman–Crippen LogP) is -1.14. The number of nitrogens with one attached hydrogen (secondary N) is 2. The van der Waals surface area contributed by atoms with E-state index < -0.39 is 0 Å². The average Bonchev–Trinajstić information content (AvgIpc) is 2.12. The highest BCUT2D eigenvalue weighted by Gasteiger charge is 2.28. The van der Waals surface area contributed by atoms with Crippen molar-refractivity contribution in [3.05, 3.63) is 0 Å². The van der Waals surface area contributed by atoms with E-state index in [-0.39, 0.29) is 23.6 Å². The van der Waals surface area contributed by atoms with Crippen LogP contribution in [0.25, 0.3) is 0 Å². The van der Waals surface area contributed by atoms with Crippen molar-refractivity contribution in [3.8, 4) is 6.07 Å². The fourth-order valence-corrected chi connectivity index (χ4v) is 1.29. The predicted molar refractivity (Wildman–Crippen MR) is 47.9 cm³/mol. The van der Waals surface area contributed by atoms with Crippen molar-refractivity contribution in [2.75, 3.05) is 18.1 Å². The van der Waals surface area contributed by atoms with Crippen molar-refractivity contribution < 1.29 is 9.59 Å². The van der Waals surface area contributed by atoms with Gasteiger partial charge in [-0.3, -0.25) is 9.59 Å². The molecule has 1 aliphatic heterocycles. The quantitative estimate of drug-likeness (QED) is 0.443. The second kappa shape index (κ2) is 4.72. The molecule has 70 valence electrons. The molecule has 0 aromatic carbocycles. The fourth-order valence-electron chi connectivity index (χ4n) is 0.829. The molecule has 1 rings (SSSR count). The summed E-state index contributed by atoms with van der Waals surface area (Å²) in [7, 11) is 0. The van der Waals surface area contributed by atoms with Crippen LogP contribution in [0.2, 0.25) is 0 Å². The van der Waals surface area contributed by atoms with E-state index in [1.165, 1.54) is 11.8 Å². The number of amides is 2. The summed E-state index contributed by atoms with van der Waals surface area (Å²) in [6.07, 6.45) is 0. The van der Waals surface area contributed by atoms with Gasteiger partial charge in [-0.1, -0.05) is 0 Å². The molecule has 2 amide bonds. The monoisotopic (exact) mass is 199 g/mol. The third kappa shape index (κ3) is 2.95. The number of β-lactam (4-membered cyclic amide) rings is 1. The lowest BCUT2D eigenvalue weighted by atomic mass is 10.1. The van der Waals surface area contributed by atoms with Gasteiger partial charge in [0.2, 0.25) is 11.8 Å². The van der Waals surface area contributed by atoms with Gasteiger partial charge in [-0.05, 0) is 0 Å². The maximum Gasteiger partial charge on any atom is 0.244 e. The van der Waals surface area contributed by atoms with Gasteiger partial charge in [-0.15, -0.1) is 11.8 Å². The van der Waals surface area contributed by atoms with Gasteiger partial charge in [0.15, 0.2) is 0 Å². The van der Waals surface area contributed by atoms with Crippen LogP contribution in [-0.2, 0) is 9.59 Å². The molecule has 0 aromatic rings. The standard InChI is InChI=1S/C7H9N3O2S/c8-1-2-13-4-6(11)10-5-3-9-7(5)12/h5H,2-4H2,(H,9,12)(H,10,11). The van der Waals surface area contributed by atoms with Gasteiger partial charge in [0.1, 0.15) is 6.04 Å². The summed E-state index contributed by atoms with van der Waals surface area (Å²) in [5.41, 5.74) is 0.